The molecule has 25 heavy (non-hydrogen) atoms. The molecular formula is C24H21N. The number of hydrogen-bond acceptors (Lipinski definition) is 0. The van der Waals surface area contributed by atoms with Crippen LogP contribution in [0.1, 0.15) is 11.3 Å². The number of benzene rings is 3. The quantitative estimate of drug-likeness (QED) is 0.422. The van der Waals surface area contributed by atoms with Gasteiger partial charge in [0.05, 0.1) is 5.69 Å². The number of hydrogen-bond donors (Lipinski definition) is 0. The van der Waals surface area contributed by atoms with Gasteiger partial charge in [0.15, 0.2) is 0 Å². The first-order valence-electron chi connectivity index (χ1n) is 8.68. The predicted octanol–water partition coefficient (Wildman–Crippen LogP) is 6.18. The van der Waals surface area contributed by atoms with Crippen molar-refractivity contribution in [1.82, 2.24) is 4.57 Å². The van der Waals surface area contributed by atoms with E-state index in [-0.39, 0.29) is 0 Å². The fourth-order valence-electron chi connectivity index (χ4n) is 3.39. The van der Waals surface area contributed by atoms with E-state index in [1.165, 1.54) is 33.6 Å². The van der Waals surface area contributed by atoms with Crippen LogP contribution in [0.25, 0.3) is 22.4 Å². The molecule has 0 radical (unpaired) electrons. The standard InChI is InChI=1S/C24H21N/c1-19-17-23(21-13-7-3-8-14-21)24(22-15-9-4-10-16-22)25(19)18-20-11-5-2-6-12-20/h2-17H,18H2,1H3. The molecule has 0 saturated carbocycles. The third-order valence-corrected chi connectivity index (χ3v) is 4.62. The van der Waals surface area contributed by atoms with Crippen LogP contribution in [0, 0.1) is 6.92 Å². The van der Waals surface area contributed by atoms with E-state index in [0.29, 0.717) is 0 Å². The first kappa shape index (κ1) is 15.5. The molecule has 0 aliphatic carbocycles. The Kier molecular flexibility index (Phi) is 4.22. The summed E-state index contributed by atoms with van der Waals surface area (Å²) in [6.07, 6.45) is 0. The zero-order valence-electron chi connectivity index (χ0n) is 14.4. The van der Waals surface area contributed by atoms with E-state index in [1.807, 2.05) is 0 Å². The maximum absolute atomic E-state index is 2.42. The van der Waals surface area contributed by atoms with Crippen molar-refractivity contribution >= 4 is 0 Å². The minimum atomic E-state index is 0.879. The smallest absolute Gasteiger partial charge is 0.0565 e. The molecule has 1 aromatic heterocycles. The van der Waals surface area contributed by atoms with Crippen LogP contribution >= 0.6 is 0 Å². The van der Waals surface area contributed by atoms with Crippen molar-refractivity contribution in [2.75, 3.05) is 0 Å². The highest BCUT2D eigenvalue weighted by atomic mass is 15.0. The van der Waals surface area contributed by atoms with E-state index in [0.717, 1.165) is 6.54 Å². The summed E-state index contributed by atoms with van der Waals surface area (Å²) in [4.78, 5) is 0. The molecule has 0 atom stereocenters. The Morgan fingerprint density at radius 3 is 1.76 bits per heavy atom. The Morgan fingerprint density at radius 2 is 1.16 bits per heavy atom. The number of nitrogens with zero attached hydrogens (tertiary/aromatic N) is 1. The van der Waals surface area contributed by atoms with Crippen LogP contribution in [0.3, 0.4) is 0 Å². The molecule has 122 valence electrons. The van der Waals surface area contributed by atoms with Gasteiger partial charge in [0, 0.05) is 17.8 Å². The van der Waals surface area contributed by atoms with Crippen molar-refractivity contribution in [2.24, 2.45) is 0 Å². The normalized spacial score (nSPS) is 10.8. The summed E-state index contributed by atoms with van der Waals surface area (Å²) in [7, 11) is 0. The van der Waals surface area contributed by atoms with Crippen molar-refractivity contribution in [3.63, 3.8) is 0 Å². The fraction of sp³-hybridized carbons (Fsp3) is 0.0833. The minimum Gasteiger partial charge on any atom is -0.340 e. The molecule has 4 aromatic rings. The zero-order valence-corrected chi connectivity index (χ0v) is 14.4. The molecule has 0 bridgehead atoms. The largest absolute Gasteiger partial charge is 0.340 e. The van der Waals surface area contributed by atoms with Crippen molar-refractivity contribution in [2.45, 2.75) is 13.5 Å². The molecule has 0 aliphatic heterocycles. The van der Waals surface area contributed by atoms with Gasteiger partial charge in [-0.2, -0.15) is 0 Å². The second kappa shape index (κ2) is 6.82. The summed E-state index contributed by atoms with van der Waals surface area (Å²) in [5.41, 5.74) is 7.69. The monoisotopic (exact) mass is 323 g/mol. The molecule has 1 heterocycles. The molecule has 0 spiro atoms. The van der Waals surface area contributed by atoms with E-state index in [1.54, 1.807) is 0 Å². The van der Waals surface area contributed by atoms with Gasteiger partial charge in [0.25, 0.3) is 0 Å². The second-order valence-electron chi connectivity index (χ2n) is 6.35. The van der Waals surface area contributed by atoms with Crippen LogP contribution in [-0.2, 0) is 6.54 Å². The molecular weight excluding hydrogens is 302 g/mol. The van der Waals surface area contributed by atoms with Gasteiger partial charge in [-0.1, -0.05) is 91.0 Å². The lowest BCUT2D eigenvalue weighted by Crippen LogP contribution is -2.04. The Balaban J connectivity index is 1.90. The van der Waals surface area contributed by atoms with Crippen LogP contribution < -0.4 is 0 Å². The molecule has 0 N–H and O–H groups in total. The van der Waals surface area contributed by atoms with Gasteiger partial charge < -0.3 is 4.57 Å². The molecule has 1 heteroatoms. The van der Waals surface area contributed by atoms with Gasteiger partial charge in [-0.25, -0.2) is 0 Å². The van der Waals surface area contributed by atoms with Crippen LogP contribution in [0.5, 0.6) is 0 Å². The average molecular weight is 323 g/mol. The lowest BCUT2D eigenvalue weighted by molar-refractivity contribution is 0.784. The Hall–Kier alpha value is -3.06. The topological polar surface area (TPSA) is 4.93 Å². The summed E-state index contributed by atoms with van der Waals surface area (Å²) in [6, 6.07) is 34.3. The average Bonchev–Trinajstić information content (AvgIpc) is 3.00. The lowest BCUT2D eigenvalue weighted by Gasteiger charge is -2.14. The van der Waals surface area contributed by atoms with Crippen LogP contribution in [-0.4, -0.2) is 4.57 Å². The van der Waals surface area contributed by atoms with Gasteiger partial charge in [-0.3, -0.25) is 0 Å². The highest BCUT2D eigenvalue weighted by Crippen LogP contribution is 2.35. The number of aryl methyl sites for hydroxylation is 1. The van der Waals surface area contributed by atoms with E-state index in [2.05, 4.69) is 109 Å². The predicted molar refractivity (Wildman–Crippen MR) is 106 cm³/mol. The molecule has 0 amide bonds. The van der Waals surface area contributed by atoms with Gasteiger partial charge in [0.2, 0.25) is 0 Å². The Morgan fingerprint density at radius 1 is 0.640 bits per heavy atom. The third kappa shape index (κ3) is 3.14. The molecule has 4 rings (SSSR count). The summed E-state index contributed by atoms with van der Waals surface area (Å²) in [5, 5.41) is 0. The van der Waals surface area contributed by atoms with Crippen molar-refractivity contribution in [3.8, 4) is 22.4 Å². The van der Waals surface area contributed by atoms with Gasteiger partial charge in [-0.05, 0) is 29.7 Å². The fourth-order valence-corrected chi connectivity index (χ4v) is 3.39. The van der Waals surface area contributed by atoms with E-state index >= 15 is 0 Å². The maximum Gasteiger partial charge on any atom is 0.0565 e. The molecule has 0 unspecified atom stereocenters. The third-order valence-electron chi connectivity index (χ3n) is 4.62. The molecule has 1 nitrogen and oxygen atoms in total. The molecule has 3 aromatic carbocycles. The van der Waals surface area contributed by atoms with E-state index in [4.69, 9.17) is 0 Å². The van der Waals surface area contributed by atoms with Crippen LogP contribution in [0.4, 0.5) is 0 Å². The Bertz CT molecular complexity index is 951. The molecule has 0 saturated heterocycles. The molecule has 0 aliphatic rings. The first-order valence-corrected chi connectivity index (χ1v) is 8.68. The summed E-state index contributed by atoms with van der Waals surface area (Å²) in [6.45, 7) is 3.07. The van der Waals surface area contributed by atoms with Crippen molar-refractivity contribution in [3.05, 3.63) is 108 Å². The number of rotatable bonds is 4. The van der Waals surface area contributed by atoms with Gasteiger partial charge in [-0.15, -0.1) is 0 Å². The summed E-state index contributed by atoms with van der Waals surface area (Å²) in [5.74, 6) is 0. The SMILES string of the molecule is Cc1cc(-c2ccccc2)c(-c2ccccc2)n1Cc1ccccc1. The highest BCUT2D eigenvalue weighted by Gasteiger charge is 2.16. The van der Waals surface area contributed by atoms with Crippen LogP contribution in [0.15, 0.2) is 97.1 Å². The second-order valence-corrected chi connectivity index (χ2v) is 6.35. The van der Waals surface area contributed by atoms with E-state index in [9.17, 15) is 0 Å². The maximum atomic E-state index is 2.42. The van der Waals surface area contributed by atoms with Crippen molar-refractivity contribution < 1.29 is 0 Å². The highest BCUT2D eigenvalue weighted by molar-refractivity contribution is 5.82. The summed E-state index contributed by atoms with van der Waals surface area (Å²) < 4.78 is 2.42. The molecule has 0 fully saturated rings. The zero-order chi connectivity index (χ0) is 17.1. The minimum absolute atomic E-state index is 0.879. The Labute approximate surface area is 149 Å². The van der Waals surface area contributed by atoms with Gasteiger partial charge >= 0.3 is 0 Å². The summed E-state index contributed by atoms with van der Waals surface area (Å²) >= 11 is 0. The first-order chi connectivity index (χ1) is 12.3. The van der Waals surface area contributed by atoms with E-state index < -0.39 is 0 Å². The van der Waals surface area contributed by atoms with Gasteiger partial charge in [0.1, 0.15) is 0 Å². The number of aromatic nitrogens is 1. The van der Waals surface area contributed by atoms with Crippen molar-refractivity contribution in [1.29, 1.82) is 0 Å². The van der Waals surface area contributed by atoms with Crippen LogP contribution in [0.2, 0.25) is 0 Å². The lowest BCUT2D eigenvalue weighted by atomic mass is 10.0.